The highest BCUT2D eigenvalue weighted by Crippen LogP contribution is 2.35. The van der Waals surface area contributed by atoms with Crippen molar-refractivity contribution in [1.29, 1.82) is 0 Å². The summed E-state index contributed by atoms with van der Waals surface area (Å²) < 4.78 is 15.5. The molecule has 10 aromatic rings. The molecule has 66 heavy (non-hydrogen) atoms. The number of methoxy groups -OCH3 is 2. The molecule has 0 aliphatic rings. The fourth-order valence-electron chi connectivity index (χ4n) is 8.43. The number of phenols is 2. The van der Waals surface area contributed by atoms with E-state index in [0.29, 0.717) is 46.8 Å². The monoisotopic (exact) mass is 858 g/mol. The lowest BCUT2D eigenvalue weighted by atomic mass is 10.1. The molecule has 2 heterocycles. The van der Waals surface area contributed by atoms with Gasteiger partial charge in [-0.1, -0.05) is 96.5 Å². The molecule has 2 aromatic heterocycles. The molecule has 0 aliphatic carbocycles. The number of aliphatic imine (C=N–C) groups is 2. The predicted octanol–water partition coefficient (Wildman–Crippen LogP) is 11.6. The Balaban J connectivity index is 0.810. The van der Waals surface area contributed by atoms with E-state index in [4.69, 9.17) is 9.47 Å². The second-order valence-corrected chi connectivity index (χ2v) is 15.6. The molecule has 0 atom stereocenters. The van der Waals surface area contributed by atoms with Gasteiger partial charge < -0.3 is 28.8 Å². The molecule has 8 heteroatoms. The number of hydrogen-bond donors (Lipinski definition) is 2. The predicted molar refractivity (Wildman–Crippen MR) is 268 cm³/mol. The van der Waals surface area contributed by atoms with Gasteiger partial charge in [0.2, 0.25) is 0 Å². The first kappa shape index (κ1) is 41.1. The third-order valence-corrected chi connectivity index (χ3v) is 11.6. The van der Waals surface area contributed by atoms with Crippen LogP contribution in [-0.4, -0.2) is 59.1 Å². The van der Waals surface area contributed by atoms with Gasteiger partial charge in [0.25, 0.3) is 0 Å². The molecule has 10 rings (SSSR count). The molecule has 0 spiro atoms. The summed E-state index contributed by atoms with van der Waals surface area (Å²) in [5.74, 6) is 13.5. The lowest BCUT2D eigenvalue weighted by molar-refractivity contribution is 0.373. The number of hydrogen-bond acceptors (Lipinski definition) is 6. The van der Waals surface area contributed by atoms with E-state index in [0.717, 1.165) is 44.6 Å². The lowest BCUT2D eigenvalue weighted by Crippen LogP contribution is -1.95. The van der Waals surface area contributed by atoms with Gasteiger partial charge in [-0.25, -0.2) is 0 Å². The van der Waals surface area contributed by atoms with Gasteiger partial charge in [0.15, 0.2) is 23.0 Å². The Morgan fingerprint density at radius 2 is 0.742 bits per heavy atom. The molecule has 0 fully saturated rings. The van der Waals surface area contributed by atoms with E-state index < -0.39 is 0 Å². The van der Waals surface area contributed by atoms with E-state index in [1.807, 2.05) is 24.3 Å². The zero-order valence-corrected chi connectivity index (χ0v) is 36.2. The van der Waals surface area contributed by atoms with Gasteiger partial charge in [-0.2, -0.15) is 0 Å². The first-order valence-electron chi connectivity index (χ1n) is 21.5. The molecule has 8 nitrogen and oxygen atoms in total. The van der Waals surface area contributed by atoms with Gasteiger partial charge in [0, 0.05) is 78.7 Å². The summed E-state index contributed by atoms with van der Waals surface area (Å²) in [5.41, 5.74) is 10.7. The minimum absolute atomic E-state index is 0.0279. The normalized spacial score (nSPS) is 11.4. The maximum Gasteiger partial charge on any atom is 0.166 e. The zero-order valence-electron chi connectivity index (χ0n) is 36.2. The van der Waals surface area contributed by atoms with Crippen LogP contribution in [0.1, 0.15) is 33.4 Å². The summed E-state index contributed by atoms with van der Waals surface area (Å²) in [6, 6.07) is 57.1. The van der Waals surface area contributed by atoms with Crippen molar-refractivity contribution in [3.05, 3.63) is 203 Å². The Morgan fingerprint density at radius 1 is 0.424 bits per heavy atom. The van der Waals surface area contributed by atoms with Gasteiger partial charge in [0.1, 0.15) is 0 Å². The van der Waals surface area contributed by atoms with Crippen molar-refractivity contribution < 1.29 is 19.7 Å². The van der Waals surface area contributed by atoms with E-state index >= 15 is 0 Å². The number of nitrogens with zero attached hydrogens (tertiary/aromatic N) is 4. The van der Waals surface area contributed by atoms with Crippen molar-refractivity contribution >= 4 is 56.0 Å². The number of aromatic nitrogens is 2. The maximum absolute atomic E-state index is 10.9. The van der Waals surface area contributed by atoms with Crippen molar-refractivity contribution in [2.45, 2.75) is 0 Å². The molecule has 0 radical (unpaired) electrons. The van der Waals surface area contributed by atoms with Crippen molar-refractivity contribution in [1.82, 2.24) is 9.13 Å². The molecule has 0 saturated heterocycles. The third kappa shape index (κ3) is 7.96. The topological polar surface area (TPSA) is 93.5 Å². The number of rotatable bonds is 9. The van der Waals surface area contributed by atoms with Gasteiger partial charge >= 0.3 is 0 Å². The van der Waals surface area contributed by atoms with Crippen LogP contribution in [0.25, 0.3) is 55.0 Å². The van der Waals surface area contributed by atoms with Gasteiger partial charge in [0.05, 0.1) is 49.4 Å². The molecule has 2 N–H and O–H groups in total. The third-order valence-electron chi connectivity index (χ3n) is 11.6. The van der Waals surface area contributed by atoms with Crippen molar-refractivity contribution in [3.63, 3.8) is 0 Å². The number of ether oxygens (including phenoxy) is 2. The quantitative estimate of drug-likeness (QED) is 0.0859. The standard InChI is InChI=1S/C58H42N4O4/c1-65-55-35-41(21-19-39-23-27-45(28-24-39)61-51-15-7-3-11-47(51)48-12-4-8-16-52(48)61)33-43(57(55)63)37-59-31-32-60-38-44-34-42(36-56(66-2)58(44)64)22-20-40-25-29-46(30-26-40)62-53-17-9-5-13-49(53)50-14-6-10-18-54(50)62/h3-18,23-30,33-38,63-64H,31-32H2,1-2H3. The summed E-state index contributed by atoms with van der Waals surface area (Å²) in [6.45, 7) is 0.656. The fraction of sp³-hybridized carbons (Fsp3) is 0.0690. The van der Waals surface area contributed by atoms with Gasteiger partial charge in [-0.3, -0.25) is 9.98 Å². The van der Waals surface area contributed by atoms with Crippen LogP contribution in [0.4, 0.5) is 0 Å². The first-order valence-corrected chi connectivity index (χ1v) is 21.5. The van der Waals surface area contributed by atoms with Crippen molar-refractivity contribution in [2.75, 3.05) is 27.3 Å². The second-order valence-electron chi connectivity index (χ2n) is 15.6. The zero-order chi connectivity index (χ0) is 45.0. The van der Waals surface area contributed by atoms with Crippen LogP contribution in [0.2, 0.25) is 0 Å². The maximum atomic E-state index is 10.9. The smallest absolute Gasteiger partial charge is 0.166 e. The van der Waals surface area contributed by atoms with Crippen LogP contribution in [0.15, 0.2) is 180 Å². The van der Waals surface area contributed by atoms with Crippen LogP contribution in [-0.2, 0) is 0 Å². The summed E-state index contributed by atoms with van der Waals surface area (Å²) in [4.78, 5) is 9.04. The van der Waals surface area contributed by atoms with E-state index in [2.05, 4.69) is 164 Å². The van der Waals surface area contributed by atoms with E-state index in [9.17, 15) is 10.2 Å². The molecule has 0 saturated carbocycles. The van der Waals surface area contributed by atoms with E-state index in [-0.39, 0.29) is 11.5 Å². The summed E-state index contributed by atoms with van der Waals surface area (Å²) in [6.07, 6.45) is 3.18. The number of fused-ring (bicyclic) bond motifs is 6. The van der Waals surface area contributed by atoms with Crippen molar-refractivity contribution in [2.24, 2.45) is 9.98 Å². The van der Waals surface area contributed by atoms with E-state index in [1.54, 1.807) is 36.7 Å². The number of phenolic OH excluding ortho intramolecular Hbond substituents is 2. The van der Waals surface area contributed by atoms with E-state index in [1.165, 1.54) is 35.8 Å². The minimum atomic E-state index is -0.0279. The van der Waals surface area contributed by atoms with Gasteiger partial charge in [-0.05, 0) is 97.1 Å². The summed E-state index contributed by atoms with van der Waals surface area (Å²) >= 11 is 0. The SMILES string of the molecule is COc1cc(C#Cc2ccc(-n3c4ccccc4c4ccccc43)cc2)cc(C=NCCN=Cc2cc(C#Cc3ccc(-n4c5ccccc5c5ccccc54)cc3)cc(OC)c2O)c1O. The number of para-hydroxylation sites is 4. The van der Waals surface area contributed by atoms with Crippen LogP contribution in [0.3, 0.4) is 0 Å². The molecule has 0 aliphatic heterocycles. The lowest BCUT2D eigenvalue weighted by Gasteiger charge is -2.08. The Bertz CT molecular complexity index is 3300. The Labute approximate surface area is 382 Å². The molecular formula is C58H42N4O4. The Hall–Kier alpha value is -8.98. The first-order chi connectivity index (χ1) is 32.5. The highest BCUT2D eigenvalue weighted by Gasteiger charge is 2.14. The fourth-order valence-corrected chi connectivity index (χ4v) is 8.43. The number of aromatic hydroxyl groups is 2. The molecule has 0 unspecified atom stereocenters. The molecular weight excluding hydrogens is 817 g/mol. The largest absolute Gasteiger partial charge is 0.504 e. The molecule has 0 bridgehead atoms. The van der Waals surface area contributed by atoms with Crippen LogP contribution in [0.5, 0.6) is 23.0 Å². The average molecular weight is 859 g/mol. The Morgan fingerprint density at radius 3 is 1.08 bits per heavy atom. The van der Waals surface area contributed by atoms with Crippen molar-refractivity contribution in [3.8, 4) is 58.1 Å². The summed E-state index contributed by atoms with van der Waals surface area (Å²) in [5, 5.41) is 26.7. The molecule has 318 valence electrons. The van der Waals surface area contributed by atoms with Crippen LogP contribution in [0, 0.1) is 23.7 Å². The minimum Gasteiger partial charge on any atom is -0.504 e. The van der Waals surface area contributed by atoms with Crippen LogP contribution >= 0.6 is 0 Å². The molecule has 0 amide bonds. The number of benzene rings is 8. The van der Waals surface area contributed by atoms with Gasteiger partial charge in [-0.15, -0.1) is 0 Å². The highest BCUT2D eigenvalue weighted by atomic mass is 16.5. The Kier molecular flexibility index (Phi) is 11.2. The van der Waals surface area contributed by atoms with Crippen LogP contribution < -0.4 is 9.47 Å². The summed E-state index contributed by atoms with van der Waals surface area (Å²) in [7, 11) is 3.01. The second kappa shape index (κ2) is 18.0. The average Bonchev–Trinajstić information content (AvgIpc) is 3.88. The molecule has 8 aromatic carbocycles. The highest BCUT2D eigenvalue weighted by molar-refractivity contribution is 6.10.